The summed E-state index contributed by atoms with van der Waals surface area (Å²) in [5, 5.41) is 10.6. The minimum absolute atomic E-state index is 0.264. The number of aliphatic hydroxyl groups excluding tert-OH is 1. The van der Waals surface area contributed by atoms with Crippen LogP contribution in [0.25, 0.3) is 0 Å². The number of aromatic nitrogens is 1. The molecule has 7 heteroatoms. The zero-order chi connectivity index (χ0) is 17.0. The van der Waals surface area contributed by atoms with Gasteiger partial charge in [0.1, 0.15) is 11.4 Å². The van der Waals surface area contributed by atoms with Gasteiger partial charge in [-0.25, -0.2) is 9.78 Å². The minimum atomic E-state index is -0.811. The molecule has 7 nitrogen and oxygen atoms in total. The van der Waals surface area contributed by atoms with E-state index in [1.165, 1.54) is 4.90 Å². The molecule has 0 bridgehead atoms. The average molecular weight is 323 g/mol. The molecule has 0 aliphatic carbocycles. The van der Waals surface area contributed by atoms with Gasteiger partial charge in [0, 0.05) is 19.2 Å². The standard InChI is InChI=1S/C16H25N3O4/c1-16(2,3)23-15(21)19-7-8-22-10-12(19)13(20)9-11-5-4-6-18-14(11)17/h4-6,12-13,20H,7-10H2,1-3H3,(H2,17,18). The summed E-state index contributed by atoms with van der Waals surface area (Å²) in [7, 11) is 0. The third kappa shape index (κ3) is 4.80. The van der Waals surface area contributed by atoms with Gasteiger partial charge in [0.05, 0.1) is 25.4 Å². The second kappa shape index (κ2) is 7.14. The van der Waals surface area contributed by atoms with Gasteiger partial charge in [-0.1, -0.05) is 6.07 Å². The molecule has 23 heavy (non-hydrogen) atoms. The number of nitrogens with zero attached hydrogens (tertiary/aromatic N) is 2. The summed E-state index contributed by atoms with van der Waals surface area (Å²) in [6.07, 6.45) is 0.646. The number of hydrogen-bond acceptors (Lipinski definition) is 6. The molecule has 0 aromatic carbocycles. The normalized spacial score (nSPS) is 20.2. The van der Waals surface area contributed by atoms with Crippen LogP contribution in [0.4, 0.5) is 10.6 Å². The Balaban J connectivity index is 2.08. The van der Waals surface area contributed by atoms with E-state index in [2.05, 4.69) is 4.98 Å². The Morgan fingerprint density at radius 1 is 1.61 bits per heavy atom. The maximum atomic E-state index is 12.3. The lowest BCUT2D eigenvalue weighted by Gasteiger charge is -2.38. The summed E-state index contributed by atoms with van der Waals surface area (Å²) < 4.78 is 10.8. The summed E-state index contributed by atoms with van der Waals surface area (Å²) in [6.45, 7) is 6.52. The summed E-state index contributed by atoms with van der Waals surface area (Å²) in [5.74, 6) is 0.382. The highest BCUT2D eigenvalue weighted by atomic mass is 16.6. The van der Waals surface area contributed by atoms with E-state index >= 15 is 0 Å². The van der Waals surface area contributed by atoms with Gasteiger partial charge in [-0.3, -0.25) is 4.90 Å². The molecule has 0 saturated carbocycles. The molecule has 0 spiro atoms. The molecular formula is C16H25N3O4. The summed E-state index contributed by atoms with van der Waals surface area (Å²) in [6, 6.07) is 3.10. The molecule has 1 aliphatic rings. The molecule has 1 amide bonds. The number of rotatable bonds is 3. The minimum Gasteiger partial charge on any atom is -0.444 e. The lowest BCUT2D eigenvalue weighted by atomic mass is 10.0. The van der Waals surface area contributed by atoms with Gasteiger partial charge in [-0.2, -0.15) is 0 Å². The zero-order valence-electron chi connectivity index (χ0n) is 13.9. The number of amides is 1. The number of aliphatic hydroxyl groups is 1. The number of morpholine rings is 1. The number of ether oxygens (including phenoxy) is 2. The second-order valence-electron chi connectivity index (χ2n) is 6.64. The monoisotopic (exact) mass is 323 g/mol. The fourth-order valence-electron chi connectivity index (χ4n) is 2.47. The SMILES string of the molecule is CC(C)(C)OC(=O)N1CCOCC1C(O)Cc1cccnc1N. The maximum Gasteiger partial charge on any atom is 0.410 e. The first-order valence-electron chi connectivity index (χ1n) is 7.73. The molecule has 2 unspecified atom stereocenters. The Morgan fingerprint density at radius 2 is 2.35 bits per heavy atom. The summed E-state index contributed by atoms with van der Waals surface area (Å²) >= 11 is 0. The van der Waals surface area contributed by atoms with Gasteiger partial charge >= 0.3 is 6.09 Å². The molecule has 2 atom stereocenters. The third-order valence-electron chi connectivity index (χ3n) is 3.59. The number of carbonyl (C=O) groups excluding carboxylic acids is 1. The van der Waals surface area contributed by atoms with Crippen molar-refractivity contribution >= 4 is 11.9 Å². The van der Waals surface area contributed by atoms with Crippen LogP contribution in [0.5, 0.6) is 0 Å². The van der Waals surface area contributed by atoms with Gasteiger partial charge in [0.25, 0.3) is 0 Å². The molecule has 2 heterocycles. The number of nitrogen functional groups attached to an aromatic ring is 1. The predicted molar refractivity (Wildman–Crippen MR) is 85.9 cm³/mol. The Bertz CT molecular complexity index is 544. The van der Waals surface area contributed by atoms with Crippen molar-refractivity contribution < 1.29 is 19.4 Å². The third-order valence-corrected chi connectivity index (χ3v) is 3.59. The van der Waals surface area contributed by atoms with E-state index in [1.807, 2.05) is 26.8 Å². The van der Waals surface area contributed by atoms with Gasteiger partial charge in [-0.15, -0.1) is 0 Å². The highest BCUT2D eigenvalue weighted by Crippen LogP contribution is 2.20. The summed E-state index contributed by atoms with van der Waals surface area (Å²) in [5.41, 5.74) is 5.98. The second-order valence-corrected chi connectivity index (χ2v) is 6.64. The topological polar surface area (TPSA) is 97.9 Å². The van der Waals surface area contributed by atoms with E-state index in [-0.39, 0.29) is 6.61 Å². The van der Waals surface area contributed by atoms with Crippen LogP contribution in [0.1, 0.15) is 26.3 Å². The molecule has 1 aliphatic heterocycles. The molecule has 1 aromatic rings. The van der Waals surface area contributed by atoms with Gasteiger partial charge in [0.2, 0.25) is 0 Å². The van der Waals surface area contributed by atoms with Crippen molar-refractivity contribution in [3.05, 3.63) is 23.9 Å². The van der Waals surface area contributed by atoms with Crippen LogP contribution >= 0.6 is 0 Å². The average Bonchev–Trinajstić information content (AvgIpc) is 2.48. The lowest BCUT2D eigenvalue weighted by molar-refractivity contribution is -0.0659. The number of hydrogen-bond donors (Lipinski definition) is 2. The predicted octanol–water partition coefficient (Wildman–Crippen LogP) is 1.20. The molecule has 1 saturated heterocycles. The van der Waals surface area contributed by atoms with Crippen LogP contribution in [0, 0.1) is 0 Å². The number of anilines is 1. The first kappa shape index (κ1) is 17.5. The fourth-order valence-corrected chi connectivity index (χ4v) is 2.47. The van der Waals surface area contributed by atoms with Crippen LogP contribution in [0.15, 0.2) is 18.3 Å². The largest absolute Gasteiger partial charge is 0.444 e. The van der Waals surface area contributed by atoms with Crippen LogP contribution in [-0.4, -0.2) is 58.6 Å². The van der Waals surface area contributed by atoms with E-state index < -0.39 is 23.8 Å². The lowest BCUT2D eigenvalue weighted by Crippen LogP contribution is -2.55. The van der Waals surface area contributed by atoms with E-state index in [1.54, 1.807) is 12.3 Å². The molecule has 3 N–H and O–H groups in total. The number of pyridine rings is 1. The van der Waals surface area contributed by atoms with Crippen molar-refractivity contribution in [3.63, 3.8) is 0 Å². The first-order chi connectivity index (χ1) is 10.8. The van der Waals surface area contributed by atoms with Crippen LogP contribution < -0.4 is 5.73 Å². The van der Waals surface area contributed by atoms with Gasteiger partial charge in [0.15, 0.2) is 0 Å². The van der Waals surface area contributed by atoms with Crippen molar-refractivity contribution in [3.8, 4) is 0 Å². The molecule has 128 valence electrons. The Labute approximate surface area is 136 Å². The fraction of sp³-hybridized carbons (Fsp3) is 0.625. The van der Waals surface area contributed by atoms with E-state index in [0.29, 0.717) is 25.4 Å². The van der Waals surface area contributed by atoms with Crippen LogP contribution in [0.2, 0.25) is 0 Å². The molecule has 1 aromatic heterocycles. The zero-order valence-corrected chi connectivity index (χ0v) is 13.9. The van der Waals surface area contributed by atoms with Gasteiger partial charge in [-0.05, 0) is 32.4 Å². The Kier molecular flexibility index (Phi) is 5.43. The molecule has 0 radical (unpaired) electrons. The summed E-state index contributed by atoms with van der Waals surface area (Å²) in [4.78, 5) is 17.9. The van der Waals surface area contributed by atoms with Crippen molar-refractivity contribution in [2.45, 2.75) is 44.9 Å². The van der Waals surface area contributed by atoms with Crippen molar-refractivity contribution in [1.29, 1.82) is 0 Å². The molecular weight excluding hydrogens is 298 g/mol. The maximum absolute atomic E-state index is 12.3. The molecule has 2 rings (SSSR count). The van der Waals surface area contributed by atoms with E-state index in [4.69, 9.17) is 15.2 Å². The number of nitrogens with two attached hydrogens (primary N) is 1. The van der Waals surface area contributed by atoms with Crippen molar-refractivity contribution in [1.82, 2.24) is 9.88 Å². The Morgan fingerprint density at radius 3 is 3.00 bits per heavy atom. The Hall–Kier alpha value is -1.86. The highest BCUT2D eigenvalue weighted by Gasteiger charge is 2.35. The van der Waals surface area contributed by atoms with E-state index in [0.717, 1.165) is 5.56 Å². The first-order valence-corrected chi connectivity index (χ1v) is 7.73. The van der Waals surface area contributed by atoms with Crippen LogP contribution in [-0.2, 0) is 15.9 Å². The van der Waals surface area contributed by atoms with Crippen molar-refractivity contribution in [2.75, 3.05) is 25.5 Å². The van der Waals surface area contributed by atoms with E-state index in [9.17, 15) is 9.90 Å². The molecule has 1 fully saturated rings. The smallest absolute Gasteiger partial charge is 0.410 e. The highest BCUT2D eigenvalue weighted by molar-refractivity contribution is 5.68. The van der Waals surface area contributed by atoms with Gasteiger partial charge < -0.3 is 20.3 Å². The van der Waals surface area contributed by atoms with Crippen LogP contribution in [0.3, 0.4) is 0 Å². The number of carbonyl (C=O) groups is 1. The van der Waals surface area contributed by atoms with Crippen molar-refractivity contribution in [2.24, 2.45) is 0 Å². The quantitative estimate of drug-likeness (QED) is 0.867.